The Bertz CT molecular complexity index is 956. The fraction of sp³-hybridized carbons (Fsp3) is 0.273. The molecule has 2 aromatic rings. The topological polar surface area (TPSA) is 92.8 Å². The van der Waals surface area contributed by atoms with Gasteiger partial charge in [0.25, 0.3) is 17.7 Å². The van der Waals surface area contributed by atoms with Gasteiger partial charge in [0.05, 0.1) is 11.1 Å². The average Bonchev–Trinajstić information content (AvgIpc) is 2.98. The Hall–Kier alpha value is -3.19. The van der Waals surface area contributed by atoms with Crippen LogP contribution in [0, 0.1) is 0 Å². The molecule has 156 valence electrons. The van der Waals surface area contributed by atoms with Gasteiger partial charge in [0, 0.05) is 10.7 Å². The van der Waals surface area contributed by atoms with Crippen LogP contribution in [0.5, 0.6) is 0 Å². The lowest BCUT2D eigenvalue weighted by atomic mass is 10.1. The SMILES string of the molecule is CCCC[C@@H](C(=O)OCC(=O)Nc1cccc(Cl)c1)N1C(=O)c2ccccc2C1=O. The summed E-state index contributed by atoms with van der Waals surface area (Å²) in [5.74, 6) is -2.41. The molecule has 8 heteroatoms. The molecule has 1 aliphatic heterocycles. The van der Waals surface area contributed by atoms with Crippen LogP contribution in [0.3, 0.4) is 0 Å². The number of nitrogens with zero attached hydrogens (tertiary/aromatic N) is 1. The molecule has 0 fully saturated rings. The molecule has 0 radical (unpaired) electrons. The molecule has 0 bridgehead atoms. The Morgan fingerprint density at radius 3 is 2.33 bits per heavy atom. The van der Waals surface area contributed by atoms with Crippen LogP contribution in [0.25, 0.3) is 0 Å². The van der Waals surface area contributed by atoms with E-state index >= 15 is 0 Å². The summed E-state index contributed by atoms with van der Waals surface area (Å²) >= 11 is 5.88. The van der Waals surface area contributed by atoms with Crippen LogP contribution in [0.1, 0.15) is 46.9 Å². The standard InChI is InChI=1S/C22H21ClN2O5/c1-2-3-11-18(25-20(27)16-9-4-5-10-17(16)21(25)28)22(29)30-13-19(26)24-15-8-6-7-14(23)12-15/h4-10,12,18H,2-3,11,13H2,1H3,(H,24,26)/t18-/m0/s1. The number of amides is 3. The molecule has 0 unspecified atom stereocenters. The van der Waals surface area contributed by atoms with E-state index in [9.17, 15) is 19.2 Å². The number of fused-ring (bicyclic) bond motifs is 1. The molecule has 1 atom stereocenters. The molecule has 30 heavy (non-hydrogen) atoms. The van der Waals surface area contributed by atoms with E-state index in [-0.39, 0.29) is 17.5 Å². The second-order valence-corrected chi connectivity index (χ2v) is 7.29. The lowest BCUT2D eigenvalue weighted by Gasteiger charge is -2.24. The van der Waals surface area contributed by atoms with Gasteiger partial charge < -0.3 is 10.1 Å². The van der Waals surface area contributed by atoms with Crippen LogP contribution in [-0.2, 0) is 14.3 Å². The molecule has 0 saturated heterocycles. The lowest BCUT2D eigenvalue weighted by molar-refractivity contribution is -0.151. The van der Waals surface area contributed by atoms with Crippen molar-refractivity contribution in [1.82, 2.24) is 4.90 Å². The van der Waals surface area contributed by atoms with Crippen molar-refractivity contribution in [3.8, 4) is 0 Å². The van der Waals surface area contributed by atoms with Crippen LogP contribution >= 0.6 is 11.6 Å². The van der Waals surface area contributed by atoms with Gasteiger partial charge in [-0.15, -0.1) is 0 Å². The van der Waals surface area contributed by atoms with Gasteiger partial charge in [-0.25, -0.2) is 4.79 Å². The highest BCUT2D eigenvalue weighted by atomic mass is 35.5. The van der Waals surface area contributed by atoms with E-state index in [0.717, 1.165) is 11.3 Å². The van der Waals surface area contributed by atoms with Crippen molar-refractivity contribution in [2.45, 2.75) is 32.2 Å². The predicted octanol–water partition coefficient (Wildman–Crippen LogP) is 3.68. The van der Waals surface area contributed by atoms with Crippen molar-refractivity contribution >= 4 is 41.0 Å². The summed E-state index contributed by atoms with van der Waals surface area (Å²) in [6, 6.07) is 11.9. The van der Waals surface area contributed by atoms with E-state index in [2.05, 4.69) is 5.32 Å². The summed E-state index contributed by atoms with van der Waals surface area (Å²) in [7, 11) is 0. The average molecular weight is 429 g/mol. The maximum absolute atomic E-state index is 12.7. The second-order valence-electron chi connectivity index (χ2n) is 6.85. The molecule has 0 saturated carbocycles. The Morgan fingerprint density at radius 1 is 1.07 bits per heavy atom. The number of benzene rings is 2. The first-order chi connectivity index (χ1) is 14.4. The molecule has 1 N–H and O–H groups in total. The zero-order valence-corrected chi connectivity index (χ0v) is 17.1. The number of unbranched alkanes of at least 4 members (excludes halogenated alkanes) is 1. The molecule has 0 aromatic heterocycles. The van der Waals surface area contributed by atoms with Crippen molar-refractivity contribution in [1.29, 1.82) is 0 Å². The second kappa shape index (κ2) is 9.54. The Labute approximate surface area is 179 Å². The van der Waals surface area contributed by atoms with Gasteiger partial charge in [-0.2, -0.15) is 0 Å². The quantitative estimate of drug-likeness (QED) is 0.511. The maximum atomic E-state index is 12.7. The minimum Gasteiger partial charge on any atom is -0.454 e. The number of anilines is 1. The summed E-state index contributed by atoms with van der Waals surface area (Å²) in [5.41, 5.74) is 0.984. The summed E-state index contributed by atoms with van der Waals surface area (Å²) in [6.07, 6.45) is 1.64. The van der Waals surface area contributed by atoms with Crippen molar-refractivity contribution < 1.29 is 23.9 Å². The van der Waals surface area contributed by atoms with Crippen molar-refractivity contribution in [3.63, 3.8) is 0 Å². The molecular formula is C22H21ClN2O5. The highest BCUT2D eigenvalue weighted by Gasteiger charge is 2.43. The van der Waals surface area contributed by atoms with Gasteiger partial charge in [-0.3, -0.25) is 19.3 Å². The van der Waals surface area contributed by atoms with Gasteiger partial charge in [-0.1, -0.05) is 49.6 Å². The minimum absolute atomic E-state index is 0.260. The molecule has 3 amide bonds. The zero-order chi connectivity index (χ0) is 21.7. The summed E-state index contributed by atoms with van der Waals surface area (Å²) in [5, 5.41) is 3.03. The molecule has 0 aliphatic carbocycles. The normalized spacial score (nSPS) is 13.7. The molecule has 1 aliphatic rings. The number of nitrogens with one attached hydrogen (secondary N) is 1. The first kappa shape index (κ1) is 21.5. The monoisotopic (exact) mass is 428 g/mol. The van der Waals surface area contributed by atoms with Crippen LogP contribution < -0.4 is 5.32 Å². The highest BCUT2D eigenvalue weighted by molar-refractivity contribution is 6.30. The molecule has 7 nitrogen and oxygen atoms in total. The first-order valence-corrected chi connectivity index (χ1v) is 9.99. The van der Waals surface area contributed by atoms with E-state index in [1.807, 2.05) is 6.92 Å². The van der Waals surface area contributed by atoms with Gasteiger partial charge in [0.15, 0.2) is 6.61 Å². The number of imide groups is 1. The van der Waals surface area contributed by atoms with E-state index in [0.29, 0.717) is 17.1 Å². The molecule has 0 spiro atoms. The van der Waals surface area contributed by atoms with E-state index in [1.165, 1.54) is 0 Å². The maximum Gasteiger partial charge on any atom is 0.329 e. The van der Waals surface area contributed by atoms with Crippen molar-refractivity contribution in [3.05, 3.63) is 64.7 Å². The largest absolute Gasteiger partial charge is 0.454 e. The third kappa shape index (κ3) is 4.68. The van der Waals surface area contributed by atoms with Crippen molar-refractivity contribution in [2.24, 2.45) is 0 Å². The summed E-state index contributed by atoms with van der Waals surface area (Å²) < 4.78 is 5.14. The van der Waals surface area contributed by atoms with Crippen LogP contribution in [0.4, 0.5) is 5.69 Å². The number of hydrogen-bond acceptors (Lipinski definition) is 5. The van der Waals surface area contributed by atoms with Gasteiger partial charge in [0.1, 0.15) is 6.04 Å². The fourth-order valence-electron chi connectivity index (χ4n) is 3.24. The van der Waals surface area contributed by atoms with E-state index in [4.69, 9.17) is 16.3 Å². The van der Waals surface area contributed by atoms with Gasteiger partial charge in [-0.05, 0) is 36.8 Å². The fourth-order valence-corrected chi connectivity index (χ4v) is 3.43. The number of hydrogen-bond donors (Lipinski definition) is 1. The highest BCUT2D eigenvalue weighted by Crippen LogP contribution is 2.27. The first-order valence-electron chi connectivity index (χ1n) is 9.61. The summed E-state index contributed by atoms with van der Waals surface area (Å²) in [6.45, 7) is 1.39. The molecule has 3 rings (SSSR count). The number of carbonyl (C=O) groups excluding carboxylic acids is 4. The number of rotatable bonds is 8. The Balaban J connectivity index is 1.68. The minimum atomic E-state index is -1.09. The molecular weight excluding hydrogens is 408 g/mol. The van der Waals surface area contributed by atoms with E-state index in [1.54, 1.807) is 48.5 Å². The molecule has 2 aromatic carbocycles. The van der Waals surface area contributed by atoms with Gasteiger partial charge >= 0.3 is 5.97 Å². The smallest absolute Gasteiger partial charge is 0.329 e. The number of esters is 1. The Kier molecular flexibility index (Phi) is 6.84. The zero-order valence-electron chi connectivity index (χ0n) is 16.4. The lowest BCUT2D eigenvalue weighted by Crippen LogP contribution is -2.46. The van der Waals surface area contributed by atoms with Crippen LogP contribution in [0.2, 0.25) is 5.02 Å². The third-order valence-electron chi connectivity index (χ3n) is 4.69. The van der Waals surface area contributed by atoms with Crippen molar-refractivity contribution in [2.75, 3.05) is 11.9 Å². The number of carbonyl (C=O) groups is 4. The third-order valence-corrected chi connectivity index (χ3v) is 4.93. The number of halogens is 1. The molecule has 1 heterocycles. The number of ether oxygens (including phenoxy) is 1. The Morgan fingerprint density at radius 2 is 1.73 bits per heavy atom. The van der Waals surface area contributed by atoms with Crippen LogP contribution in [0.15, 0.2) is 48.5 Å². The predicted molar refractivity (Wildman–Crippen MR) is 111 cm³/mol. The van der Waals surface area contributed by atoms with E-state index < -0.39 is 36.3 Å². The summed E-state index contributed by atoms with van der Waals surface area (Å²) in [4.78, 5) is 51.2. The van der Waals surface area contributed by atoms with Gasteiger partial charge in [0.2, 0.25) is 0 Å². The van der Waals surface area contributed by atoms with Crippen LogP contribution in [-0.4, -0.2) is 41.2 Å².